The average Bonchev–Trinajstić information content (AvgIpc) is 3.06. The normalized spacial score (nSPS) is 20.6. The Hall–Kier alpha value is -0.867. The zero-order valence-corrected chi connectivity index (χ0v) is 18.9. The maximum absolute atomic E-state index is 12.7. The number of rotatable bonds is 4. The van der Waals surface area contributed by atoms with Gasteiger partial charge in [0.1, 0.15) is 0 Å². The third-order valence-electron chi connectivity index (χ3n) is 5.29. The zero-order chi connectivity index (χ0) is 19.4. The van der Waals surface area contributed by atoms with E-state index in [-0.39, 0.29) is 0 Å². The molecule has 0 amide bonds. The molecule has 0 unspecified atom stereocenters. The van der Waals surface area contributed by atoms with Crippen LogP contribution >= 0.6 is 11.3 Å². The van der Waals surface area contributed by atoms with Gasteiger partial charge in [-0.3, -0.25) is 0 Å². The Labute approximate surface area is 164 Å². The maximum atomic E-state index is 12.7. The molecular weight excluding hydrogens is 434 g/mol. The number of aromatic nitrogens is 2. The molecule has 0 saturated carbocycles. The zero-order valence-electron chi connectivity index (χ0n) is 15.9. The van der Waals surface area contributed by atoms with Gasteiger partial charge in [-0.05, 0) is 0 Å². The van der Waals surface area contributed by atoms with E-state index in [1.807, 2.05) is 0 Å². The molecule has 2 fully saturated rings. The molecule has 2 aliphatic heterocycles. The van der Waals surface area contributed by atoms with Gasteiger partial charge in [-0.15, -0.1) is 0 Å². The SMILES string of the molecule is [CH3][Ge]([CH3])([CH3])[CH2]N1CC2(CCN(c3ncnc4sc(CC(F)(F)F)cc34)C2)C1. The number of hydrogen-bond donors (Lipinski definition) is 0. The Bertz CT molecular complexity index is 839. The third-order valence-corrected chi connectivity index (χ3v) is 9.26. The predicted molar refractivity (Wildman–Crippen MR) is 106 cm³/mol. The number of fused-ring (bicyclic) bond motifs is 1. The van der Waals surface area contributed by atoms with E-state index in [2.05, 4.69) is 37.0 Å². The van der Waals surface area contributed by atoms with E-state index in [1.165, 1.54) is 11.7 Å². The van der Waals surface area contributed by atoms with Gasteiger partial charge >= 0.3 is 151 Å². The van der Waals surface area contributed by atoms with Gasteiger partial charge in [0.25, 0.3) is 0 Å². The van der Waals surface area contributed by atoms with Crippen LogP contribution in [0, 0.1) is 5.41 Å². The summed E-state index contributed by atoms with van der Waals surface area (Å²) in [6, 6.07) is 1.63. The monoisotopic (exact) mass is 460 g/mol. The fraction of sp³-hybridized carbons (Fsp3) is 0.667. The Morgan fingerprint density at radius 3 is 2.59 bits per heavy atom. The van der Waals surface area contributed by atoms with Crippen molar-refractivity contribution in [3.8, 4) is 0 Å². The Morgan fingerprint density at radius 2 is 1.93 bits per heavy atom. The molecule has 2 aromatic rings. The van der Waals surface area contributed by atoms with Crippen LogP contribution in [-0.2, 0) is 6.42 Å². The first-order valence-electron chi connectivity index (χ1n) is 9.30. The van der Waals surface area contributed by atoms with Crippen LogP contribution in [0.1, 0.15) is 11.3 Å². The Kier molecular flexibility index (Phi) is 4.75. The molecule has 4 heterocycles. The summed E-state index contributed by atoms with van der Waals surface area (Å²) in [6.07, 6.45) is -2.48. The van der Waals surface area contributed by atoms with Crippen LogP contribution < -0.4 is 4.90 Å². The van der Waals surface area contributed by atoms with Crippen molar-refractivity contribution in [3.05, 3.63) is 17.3 Å². The topological polar surface area (TPSA) is 32.3 Å². The molecule has 148 valence electrons. The summed E-state index contributed by atoms with van der Waals surface area (Å²) in [5, 5.41) is 2.05. The van der Waals surface area contributed by atoms with Crippen molar-refractivity contribution in [1.82, 2.24) is 14.9 Å². The Balaban J connectivity index is 1.49. The van der Waals surface area contributed by atoms with Crippen molar-refractivity contribution in [2.24, 2.45) is 5.41 Å². The van der Waals surface area contributed by atoms with Crippen LogP contribution in [0.25, 0.3) is 10.2 Å². The first kappa shape index (κ1) is 19.4. The van der Waals surface area contributed by atoms with Crippen LogP contribution in [0.5, 0.6) is 0 Å². The van der Waals surface area contributed by atoms with Gasteiger partial charge in [-0.1, -0.05) is 0 Å². The molecular formula is C18H25F3GeN4S. The van der Waals surface area contributed by atoms with E-state index in [4.69, 9.17) is 0 Å². The molecule has 0 atom stereocenters. The van der Waals surface area contributed by atoms with E-state index in [9.17, 15) is 13.2 Å². The standard InChI is InChI=1S/C18H25F3GeN4S/c1-22(2,3)11-25-8-17(9-25)4-5-26(10-17)15-14-6-13(7-18(19,20)21)27-16(14)24-12-23-15/h6,12H,4-5,7-11H2,1-3H3. The molecule has 4 rings (SSSR count). The summed E-state index contributed by atoms with van der Waals surface area (Å²) in [5.41, 5.74) is 0.329. The summed E-state index contributed by atoms with van der Waals surface area (Å²) in [6.45, 7) is 4.14. The average molecular weight is 459 g/mol. The van der Waals surface area contributed by atoms with Crippen LogP contribution in [0.2, 0.25) is 17.3 Å². The first-order chi connectivity index (χ1) is 12.5. The molecule has 2 aromatic heterocycles. The summed E-state index contributed by atoms with van der Waals surface area (Å²) in [5.74, 6) is 8.13. The number of alkyl halides is 3. The molecule has 0 radical (unpaired) electrons. The van der Waals surface area contributed by atoms with Gasteiger partial charge in [0.2, 0.25) is 0 Å². The second-order valence-corrected chi connectivity index (χ2v) is 21.8. The number of halogens is 3. The summed E-state index contributed by atoms with van der Waals surface area (Å²) < 4.78 is 38.2. The van der Waals surface area contributed by atoms with Gasteiger partial charge in [-0.25, -0.2) is 0 Å². The predicted octanol–water partition coefficient (Wildman–Crippen LogP) is 4.19. The van der Waals surface area contributed by atoms with Crippen LogP contribution in [-0.4, -0.2) is 65.9 Å². The van der Waals surface area contributed by atoms with Crippen LogP contribution in [0.15, 0.2) is 12.4 Å². The van der Waals surface area contributed by atoms with Crippen LogP contribution in [0.3, 0.4) is 0 Å². The van der Waals surface area contributed by atoms with Crippen molar-refractivity contribution in [2.75, 3.05) is 36.5 Å². The second-order valence-electron chi connectivity index (χ2n) is 9.30. The molecule has 0 N–H and O–H groups in total. The minimum absolute atomic E-state index is 0.305. The minimum atomic E-state index is -4.20. The van der Waals surface area contributed by atoms with E-state index < -0.39 is 25.9 Å². The molecule has 2 aliphatic rings. The number of likely N-dealkylation sites (tertiary alicyclic amines) is 1. The summed E-state index contributed by atoms with van der Waals surface area (Å²) in [4.78, 5) is 14.4. The summed E-state index contributed by atoms with van der Waals surface area (Å²) >= 11 is -0.452. The van der Waals surface area contributed by atoms with Gasteiger partial charge in [0, 0.05) is 0 Å². The fourth-order valence-corrected chi connectivity index (χ4v) is 8.79. The third kappa shape index (κ3) is 4.27. The molecule has 0 aliphatic carbocycles. The van der Waals surface area contributed by atoms with Crippen molar-refractivity contribution in [2.45, 2.75) is 36.3 Å². The second kappa shape index (κ2) is 6.59. The van der Waals surface area contributed by atoms with Gasteiger partial charge < -0.3 is 0 Å². The number of anilines is 1. The molecule has 27 heavy (non-hydrogen) atoms. The van der Waals surface area contributed by atoms with Crippen molar-refractivity contribution in [1.29, 1.82) is 0 Å². The number of nitrogens with zero attached hydrogens (tertiary/aromatic N) is 4. The molecule has 2 saturated heterocycles. The fourth-order valence-electron chi connectivity index (χ4n) is 4.49. The van der Waals surface area contributed by atoms with E-state index >= 15 is 0 Å². The van der Waals surface area contributed by atoms with Crippen molar-refractivity contribution in [3.63, 3.8) is 0 Å². The number of thiophene rings is 1. The van der Waals surface area contributed by atoms with Gasteiger partial charge in [0.15, 0.2) is 0 Å². The van der Waals surface area contributed by atoms with E-state index in [0.717, 1.165) is 55.1 Å². The van der Waals surface area contributed by atoms with E-state index in [1.54, 1.807) is 6.07 Å². The van der Waals surface area contributed by atoms with Crippen molar-refractivity contribution >= 4 is 40.6 Å². The Morgan fingerprint density at radius 1 is 1.19 bits per heavy atom. The van der Waals surface area contributed by atoms with Gasteiger partial charge in [-0.2, -0.15) is 13.2 Å². The quantitative estimate of drug-likeness (QED) is 0.643. The van der Waals surface area contributed by atoms with E-state index in [0.29, 0.717) is 15.1 Å². The molecule has 0 aromatic carbocycles. The molecule has 0 bridgehead atoms. The number of hydrogen-bond acceptors (Lipinski definition) is 5. The summed E-state index contributed by atoms with van der Waals surface area (Å²) in [7, 11) is 0. The van der Waals surface area contributed by atoms with Gasteiger partial charge in [0.05, 0.1) is 0 Å². The van der Waals surface area contributed by atoms with Crippen molar-refractivity contribution < 1.29 is 13.2 Å². The molecule has 4 nitrogen and oxygen atoms in total. The molecule has 1 spiro atoms. The van der Waals surface area contributed by atoms with Crippen LogP contribution in [0.4, 0.5) is 19.0 Å². The first-order valence-corrected chi connectivity index (χ1v) is 17.9. The molecule has 9 heteroatoms.